The van der Waals surface area contributed by atoms with Crippen LogP contribution in [0.1, 0.15) is 31.7 Å². The molecule has 4 heteroatoms. The maximum absolute atomic E-state index is 3.59. The van der Waals surface area contributed by atoms with Crippen LogP contribution < -0.4 is 4.90 Å². The van der Waals surface area contributed by atoms with Gasteiger partial charge in [0.25, 0.3) is 0 Å². The second kappa shape index (κ2) is 13.1. The molecule has 0 N–H and O–H groups in total. The first kappa shape index (κ1) is 29.6. The lowest BCUT2D eigenvalue weighted by atomic mass is 10.0. The number of benzene rings is 6. The van der Waals surface area contributed by atoms with Gasteiger partial charge in [-0.3, -0.25) is 0 Å². The number of rotatable bonds is 9. The van der Waals surface area contributed by atoms with Gasteiger partial charge in [0, 0.05) is 42.5 Å². The molecule has 45 heavy (non-hydrogen) atoms. The molecule has 7 aromatic rings. The van der Waals surface area contributed by atoms with Gasteiger partial charge in [-0.15, -0.1) is 0 Å². The van der Waals surface area contributed by atoms with Crippen molar-refractivity contribution in [3.8, 4) is 16.8 Å². The fraction of sp³-hybridized carbons (Fsp3) is 0.122. The summed E-state index contributed by atoms with van der Waals surface area (Å²) in [5.74, 6) is 0. The lowest BCUT2D eigenvalue weighted by Gasteiger charge is -2.25. The Morgan fingerprint density at radius 2 is 1.09 bits per heavy atom. The summed E-state index contributed by atoms with van der Waals surface area (Å²) in [5.41, 5.74) is 10.8. The number of aromatic nitrogens is 1. The number of hydrogen-bond donors (Lipinski definition) is 0. The van der Waals surface area contributed by atoms with E-state index in [1.807, 2.05) is 0 Å². The maximum Gasteiger partial charge on any atom is 0.0541 e. The van der Waals surface area contributed by atoms with Gasteiger partial charge in [-0.25, -0.2) is 0 Å². The van der Waals surface area contributed by atoms with Gasteiger partial charge in [0.05, 0.1) is 11.0 Å². The fourth-order valence-corrected chi connectivity index (χ4v) is 6.78. The molecule has 0 aliphatic rings. The highest BCUT2D eigenvalue weighted by molar-refractivity contribution is 9.10. The van der Waals surface area contributed by atoms with Gasteiger partial charge in [-0.1, -0.05) is 100 Å². The van der Waals surface area contributed by atoms with Crippen molar-refractivity contribution in [2.24, 2.45) is 0 Å². The molecule has 0 radical (unpaired) electrons. The van der Waals surface area contributed by atoms with Crippen molar-refractivity contribution in [2.75, 3.05) is 4.90 Å². The van der Waals surface area contributed by atoms with Gasteiger partial charge in [-0.2, -0.15) is 0 Å². The van der Waals surface area contributed by atoms with E-state index < -0.39 is 0 Å². The maximum atomic E-state index is 3.59. The molecule has 1 aromatic heterocycles. The number of halogens is 2. The van der Waals surface area contributed by atoms with E-state index in [-0.39, 0.29) is 0 Å². The Kier molecular flexibility index (Phi) is 8.60. The van der Waals surface area contributed by atoms with Crippen molar-refractivity contribution < 1.29 is 0 Å². The number of anilines is 3. The Morgan fingerprint density at radius 1 is 0.533 bits per heavy atom. The number of nitrogens with zero attached hydrogens (tertiary/aromatic N) is 2. The smallest absolute Gasteiger partial charge is 0.0541 e. The first-order valence-corrected chi connectivity index (χ1v) is 17.2. The Morgan fingerprint density at radius 3 is 1.71 bits per heavy atom. The lowest BCUT2D eigenvalue weighted by molar-refractivity contribution is 0.717. The van der Waals surface area contributed by atoms with Crippen LogP contribution in [0.3, 0.4) is 0 Å². The Bertz CT molecular complexity index is 2010. The number of aryl methyl sites for hydroxylation is 1. The second-order valence-corrected chi connectivity index (χ2v) is 13.4. The van der Waals surface area contributed by atoms with E-state index in [1.165, 1.54) is 63.4 Å². The Labute approximate surface area is 282 Å². The zero-order chi connectivity index (χ0) is 30.8. The van der Waals surface area contributed by atoms with E-state index in [1.54, 1.807) is 0 Å². The molecule has 0 fully saturated rings. The molecule has 0 spiro atoms. The summed E-state index contributed by atoms with van der Waals surface area (Å²) >= 11 is 7.17. The molecule has 0 bridgehead atoms. The van der Waals surface area contributed by atoms with E-state index in [2.05, 4.69) is 188 Å². The van der Waals surface area contributed by atoms with Crippen molar-refractivity contribution >= 4 is 70.7 Å². The second-order valence-electron chi connectivity index (χ2n) is 11.5. The van der Waals surface area contributed by atoms with Crippen LogP contribution in [0.5, 0.6) is 0 Å². The fourth-order valence-electron chi connectivity index (χ4n) is 6.25. The third-order valence-electron chi connectivity index (χ3n) is 8.56. The van der Waals surface area contributed by atoms with E-state index in [9.17, 15) is 0 Å². The van der Waals surface area contributed by atoms with Crippen molar-refractivity contribution in [1.82, 2.24) is 4.57 Å². The first-order valence-electron chi connectivity index (χ1n) is 15.6. The predicted molar refractivity (Wildman–Crippen MR) is 200 cm³/mol. The van der Waals surface area contributed by atoms with Crippen LogP contribution in [0, 0.1) is 0 Å². The monoisotopic (exact) mass is 712 g/mol. The van der Waals surface area contributed by atoms with Crippen LogP contribution in [0.15, 0.2) is 148 Å². The van der Waals surface area contributed by atoms with Crippen molar-refractivity contribution in [2.45, 2.75) is 32.6 Å². The highest BCUT2D eigenvalue weighted by Crippen LogP contribution is 2.38. The summed E-state index contributed by atoms with van der Waals surface area (Å²) in [6.07, 6.45) is 4.94. The molecular weight excluding hydrogens is 680 g/mol. The average Bonchev–Trinajstić information content (AvgIpc) is 3.41. The molecule has 0 unspecified atom stereocenters. The van der Waals surface area contributed by atoms with Gasteiger partial charge >= 0.3 is 0 Å². The zero-order valence-corrected chi connectivity index (χ0v) is 28.4. The van der Waals surface area contributed by atoms with E-state index in [4.69, 9.17) is 0 Å². The molecule has 2 nitrogen and oxygen atoms in total. The van der Waals surface area contributed by atoms with Crippen molar-refractivity contribution in [3.05, 3.63) is 154 Å². The van der Waals surface area contributed by atoms with E-state index in [0.717, 1.165) is 32.4 Å². The third-order valence-corrected chi connectivity index (χ3v) is 9.62. The number of hydrogen-bond acceptors (Lipinski definition) is 1. The van der Waals surface area contributed by atoms with E-state index >= 15 is 0 Å². The lowest BCUT2D eigenvalue weighted by Crippen LogP contribution is -2.09. The molecule has 6 aromatic carbocycles. The van der Waals surface area contributed by atoms with Gasteiger partial charge in [0.2, 0.25) is 0 Å². The Balaban J connectivity index is 1.25. The summed E-state index contributed by atoms with van der Waals surface area (Å²) in [7, 11) is 0. The summed E-state index contributed by atoms with van der Waals surface area (Å²) in [6, 6.07) is 50.6. The highest BCUT2D eigenvalue weighted by atomic mass is 79.9. The SMILES string of the molecule is CCCCCc1ccc(-n2c3ccccc3c3cc(-c4ccc(N(c5ccc(Br)cc5)c5ccc(Br)cc5)cc4)ccc32)cc1. The minimum absolute atomic E-state index is 1.06. The van der Waals surface area contributed by atoms with Crippen LogP contribution in [0.2, 0.25) is 0 Å². The van der Waals surface area contributed by atoms with Gasteiger partial charge < -0.3 is 9.47 Å². The van der Waals surface area contributed by atoms with Crippen molar-refractivity contribution in [1.29, 1.82) is 0 Å². The van der Waals surface area contributed by atoms with Crippen molar-refractivity contribution in [3.63, 3.8) is 0 Å². The molecule has 0 atom stereocenters. The molecule has 1 heterocycles. The number of unbranched alkanes of at least 4 members (excludes halogenated alkanes) is 2. The molecule has 7 rings (SSSR count). The molecular formula is C41H34Br2N2. The molecule has 0 saturated carbocycles. The van der Waals surface area contributed by atoms with Crippen LogP contribution in [-0.2, 0) is 6.42 Å². The zero-order valence-electron chi connectivity index (χ0n) is 25.3. The van der Waals surface area contributed by atoms with Gasteiger partial charge in [0.1, 0.15) is 0 Å². The van der Waals surface area contributed by atoms with E-state index in [0.29, 0.717) is 0 Å². The van der Waals surface area contributed by atoms with Gasteiger partial charge in [0.15, 0.2) is 0 Å². The minimum atomic E-state index is 1.06. The standard InChI is InChI=1S/C41H34Br2N2/c1-2-3-4-7-29-10-19-37(20-11-29)45-40-9-6-5-8-38(40)39-28-31(14-27-41(39)45)30-12-21-34(22-13-30)44(35-23-15-32(42)16-24-35)36-25-17-33(43)18-26-36/h5-6,8-28H,2-4,7H2,1H3. The molecule has 0 amide bonds. The minimum Gasteiger partial charge on any atom is -0.311 e. The molecule has 0 aliphatic heterocycles. The summed E-state index contributed by atoms with van der Waals surface area (Å²) in [5, 5.41) is 2.54. The van der Waals surface area contributed by atoms with Crippen LogP contribution >= 0.6 is 31.9 Å². The number of fused-ring (bicyclic) bond motifs is 3. The normalized spacial score (nSPS) is 11.4. The summed E-state index contributed by atoms with van der Waals surface area (Å²) < 4.78 is 4.53. The summed E-state index contributed by atoms with van der Waals surface area (Å²) in [6.45, 7) is 2.26. The largest absolute Gasteiger partial charge is 0.311 e. The predicted octanol–water partition coefficient (Wildman–Crippen LogP) is 13.2. The molecule has 0 saturated heterocycles. The molecule has 222 valence electrons. The molecule has 0 aliphatic carbocycles. The summed E-state index contributed by atoms with van der Waals surface area (Å²) in [4.78, 5) is 2.29. The quantitative estimate of drug-likeness (QED) is 0.135. The topological polar surface area (TPSA) is 8.17 Å². The van der Waals surface area contributed by atoms with Crippen LogP contribution in [-0.4, -0.2) is 4.57 Å². The van der Waals surface area contributed by atoms with Gasteiger partial charge in [-0.05, 0) is 121 Å². The Hall–Kier alpha value is -4.12. The van der Waals surface area contributed by atoms with Crippen LogP contribution in [0.4, 0.5) is 17.1 Å². The average molecular weight is 715 g/mol. The van der Waals surface area contributed by atoms with Crippen LogP contribution in [0.25, 0.3) is 38.6 Å². The highest BCUT2D eigenvalue weighted by Gasteiger charge is 2.15. The first-order chi connectivity index (χ1) is 22.1. The third kappa shape index (κ3) is 6.10. The number of para-hydroxylation sites is 1.